The van der Waals surface area contributed by atoms with Gasteiger partial charge in [-0.25, -0.2) is 0 Å². The largest absolute Gasteiger partial charge is 0.395 e. The standard InChI is InChI=1S/C28H31N3O2/c1-20-7-2-3-9-24(20)21-10-12-22(13-11-21)27-25-18-30(28(33)23-8-6-14-29-17-23)15-4-5-16-31(25)26(27)19-32/h2-3,6-14,17,25-27,32H,4-5,15-16,18-19H2,1H3/t25-,26+,27?/m0/s1. The first-order chi connectivity index (χ1) is 16.2. The third-order valence-corrected chi connectivity index (χ3v) is 7.32. The van der Waals surface area contributed by atoms with Crippen LogP contribution in [0.2, 0.25) is 0 Å². The molecule has 0 radical (unpaired) electrons. The van der Waals surface area contributed by atoms with Crippen LogP contribution >= 0.6 is 0 Å². The number of aromatic nitrogens is 1. The van der Waals surface area contributed by atoms with Crippen LogP contribution in [0.5, 0.6) is 0 Å². The van der Waals surface area contributed by atoms with Gasteiger partial charge in [-0.05, 0) is 60.7 Å². The number of amides is 1. The Morgan fingerprint density at radius 2 is 1.82 bits per heavy atom. The maximum absolute atomic E-state index is 13.2. The summed E-state index contributed by atoms with van der Waals surface area (Å²) in [5.41, 5.74) is 5.60. The van der Waals surface area contributed by atoms with Gasteiger partial charge in [-0.15, -0.1) is 0 Å². The van der Waals surface area contributed by atoms with E-state index in [2.05, 4.69) is 65.3 Å². The molecule has 2 fully saturated rings. The number of fused-ring (bicyclic) bond motifs is 1. The van der Waals surface area contributed by atoms with E-state index in [0.29, 0.717) is 12.1 Å². The molecule has 0 spiro atoms. The molecule has 2 aliphatic heterocycles. The lowest BCUT2D eigenvalue weighted by atomic mass is 9.74. The number of carbonyl (C=O) groups is 1. The molecule has 1 amide bonds. The van der Waals surface area contributed by atoms with Crippen molar-refractivity contribution in [1.82, 2.24) is 14.8 Å². The molecule has 5 heteroatoms. The number of carbonyl (C=O) groups excluding carboxylic acids is 1. The molecular formula is C28H31N3O2. The number of aliphatic hydroxyl groups is 1. The van der Waals surface area contributed by atoms with Crippen LogP contribution < -0.4 is 0 Å². The van der Waals surface area contributed by atoms with Crippen molar-refractivity contribution in [2.45, 2.75) is 37.8 Å². The Kier molecular flexibility index (Phi) is 6.25. The summed E-state index contributed by atoms with van der Waals surface area (Å²) in [6.45, 7) is 4.69. The average Bonchev–Trinajstić information content (AvgIpc) is 2.84. The number of aryl methyl sites for hydroxylation is 1. The van der Waals surface area contributed by atoms with Gasteiger partial charge in [0.2, 0.25) is 0 Å². The van der Waals surface area contributed by atoms with Gasteiger partial charge in [-0.3, -0.25) is 14.7 Å². The van der Waals surface area contributed by atoms with Crippen LogP contribution in [0, 0.1) is 6.92 Å². The van der Waals surface area contributed by atoms with Crippen molar-refractivity contribution in [3.8, 4) is 11.1 Å². The van der Waals surface area contributed by atoms with E-state index in [4.69, 9.17) is 0 Å². The minimum Gasteiger partial charge on any atom is -0.395 e. The molecule has 5 rings (SSSR count). The van der Waals surface area contributed by atoms with E-state index in [9.17, 15) is 9.90 Å². The normalized spacial score (nSPS) is 23.2. The zero-order valence-electron chi connectivity index (χ0n) is 19.1. The van der Waals surface area contributed by atoms with E-state index in [1.54, 1.807) is 12.4 Å². The molecule has 0 saturated carbocycles. The van der Waals surface area contributed by atoms with Crippen LogP contribution in [-0.4, -0.2) is 64.1 Å². The SMILES string of the molecule is Cc1ccccc1-c1ccc(C2[C@@H](CO)N3CCCCN(C(=O)c4cccnc4)C[C@@H]23)cc1. The lowest BCUT2D eigenvalue weighted by molar-refractivity contribution is -0.0606. The molecule has 2 aliphatic rings. The number of hydrogen-bond donors (Lipinski definition) is 1. The molecule has 170 valence electrons. The van der Waals surface area contributed by atoms with E-state index in [1.165, 1.54) is 22.3 Å². The van der Waals surface area contributed by atoms with E-state index >= 15 is 0 Å². The minimum atomic E-state index is 0.0473. The average molecular weight is 442 g/mol. The van der Waals surface area contributed by atoms with Gasteiger partial charge in [0.25, 0.3) is 5.91 Å². The second kappa shape index (κ2) is 9.46. The maximum atomic E-state index is 13.2. The number of nitrogens with zero attached hydrogens (tertiary/aromatic N) is 3. The monoisotopic (exact) mass is 441 g/mol. The molecule has 3 aromatic rings. The molecule has 0 aliphatic carbocycles. The van der Waals surface area contributed by atoms with Gasteiger partial charge < -0.3 is 10.0 Å². The summed E-state index contributed by atoms with van der Waals surface area (Å²) in [4.78, 5) is 21.7. The fourth-order valence-corrected chi connectivity index (χ4v) is 5.58. The predicted octanol–water partition coefficient (Wildman–Crippen LogP) is 4.12. The summed E-state index contributed by atoms with van der Waals surface area (Å²) in [6, 6.07) is 21.2. The van der Waals surface area contributed by atoms with Crippen molar-refractivity contribution >= 4 is 5.91 Å². The fourth-order valence-electron chi connectivity index (χ4n) is 5.58. The topological polar surface area (TPSA) is 56.7 Å². The van der Waals surface area contributed by atoms with Crippen LogP contribution in [0.4, 0.5) is 0 Å². The van der Waals surface area contributed by atoms with Gasteiger partial charge in [-0.2, -0.15) is 0 Å². The van der Waals surface area contributed by atoms with Crippen molar-refractivity contribution in [1.29, 1.82) is 0 Å². The fraction of sp³-hybridized carbons (Fsp3) is 0.357. The first kappa shape index (κ1) is 21.8. The molecule has 1 aromatic heterocycles. The second-order valence-corrected chi connectivity index (χ2v) is 9.22. The number of hydrogen-bond acceptors (Lipinski definition) is 4. The molecule has 0 bridgehead atoms. The summed E-state index contributed by atoms with van der Waals surface area (Å²) in [5, 5.41) is 10.2. The summed E-state index contributed by atoms with van der Waals surface area (Å²) in [6.07, 6.45) is 5.35. The van der Waals surface area contributed by atoms with Crippen molar-refractivity contribution in [2.24, 2.45) is 0 Å². The Morgan fingerprint density at radius 3 is 2.55 bits per heavy atom. The summed E-state index contributed by atoms with van der Waals surface area (Å²) >= 11 is 0. The van der Waals surface area contributed by atoms with Gasteiger partial charge in [0.1, 0.15) is 0 Å². The van der Waals surface area contributed by atoms with Crippen LogP contribution in [-0.2, 0) is 0 Å². The Labute approximate surface area is 195 Å². The molecule has 3 heterocycles. The van der Waals surface area contributed by atoms with Gasteiger partial charge in [0.05, 0.1) is 12.2 Å². The first-order valence-electron chi connectivity index (χ1n) is 11.9. The smallest absolute Gasteiger partial charge is 0.255 e. The minimum absolute atomic E-state index is 0.0473. The van der Waals surface area contributed by atoms with Crippen molar-refractivity contribution < 1.29 is 9.90 Å². The summed E-state index contributed by atoms with van der Waals surface area (Å²) < 4.78 is 0. The van der Waals surface area contributed by atoms with Gasteiger partial charge in [0, 0.05) is 43.5 Å². The van der Waals surface area contributed by atoms with Gasteiger partial charge in [0.15, 0.2) is 0 Å². The zero-order chi connectivity index (χ0) is 22.8. The van der Waals surface area contributed by atoms with E-state index in [-0.39, 0.29) is 30.5 Å². The highest BCUT2D eigenvalue weighted by Crippen LogP contribution is 2.42. The maximum Gasteiger partial charge on any atom is 0.255 e. The first-order valence-corrected chi connectivity index (χ1v) is 11.9. The van der Waals surface area contributed by atoms with Crippen LogP contribution in [0.1, 0.15) is 40.2 Å². The molecule has 5 nitrogen and oxygen atoms in total. The Balaban J connectivity index is 1.40. The molecule has 2 saturated heterocycles. The lowest BCUT2D eigenvalue weighted by Gasteiger charge is -2.57. The van der Waals surface area contributed by atoms with Crippen molar-refractivity contribution in [3.63, 3.8) is 0 Å². The van der Waals surface area contributed by atoms with Gasteiger partial charge >= 0.3 is 0 Å². The summed E-state index contributed by atoms with van der Waals surface area (Å²) in [7, 11) is 0. The molecule has 33 heavy (non-hydrogen) atoms. The van der Waals surface area contributed by atoms with E-state index < -0.39 is 0 Å². The number of benzene rings is 2. The van der Waals surface area contributed by atoms with Gasteiger partial charge in [-0.1, -0.05) is 48.5 Å². The Hall–Kier alpha value is -3.02. The zero-order valence-corrected chi connectivity index (χ0v) is 19.1. The predicted molar refractivity (Wildman–Crippen MR) is 130 cm³/mol. The molecular weight excluding hydrogens is 410 g/mol. The highest BCUT2D eigenvalue weighted by atomic mass is 16.3. The molecule has 1 N–H and O–H groups in total. The third-order valence-electron chi connectivity index (χ3n) is 7.32. The number of aliphatic hydroxyl groups excluding tert-OH is 1. The van der Waals surface area contributed by atoms with E-state index in [1.807, 2.05) is 17.0 Å². The highest BCUT2D eigenvalue weighted by Gasteiger charge is 2.49. The Morgan fingerprint density at radius 1 is 1.03 bits per heavy atom. The summed E-state index contributed by atoms with van der Waals surface area (Å²) in [5.74, 6) is 0.259. The van der Waals surface area contributed by atoms with Crippen LogP contribution in [0.25, 0.3) is 11.1 Å². The quantitative estimate of drug-likeness (QED) is 0.662. The van der Waals surface area contributed by atoms with E-state index in [0.717, 1.165) is 25.9 Å². The molecule has 1 unspecified atom stereocenters. The van der Waals surface area contributed by atoms with Crippen LogP contribution in [0.15, 0.2) is 73.1 Å². The van der Waals surface area contributed by atoms with Crippen LogP contribution in [0.3, 0.4) is 0 Å². The van der Waals surface area contributed by atoms with Crippen molar-refractivity contribution in [2.75, 3.05) is 26.2 Å². The Bertz CT molecular complexity index is 1100. The number of pyridine rings is 1. The third kappa shape index (κ3) is 4.19. The second-order valence-electron chi connectivity index (χ2n) is 9.22. The molecule has 2 aromatic carbocycles. The highest BCUT2D eigenvalue weighted by molar-refractivity contribution is 5.93. The van der Waals surface area contributed by atoms with Crippen molar-refractivity contribution in [3.05, 3.63) is 89.7 Å². The molecule has 3 atom stereocenters. The number of rotatable bonds is 4. The lowest BCUT2D eigenvalue weighted by Crippen LogP contribution is -2.67.